The van der Waals surface area contributed by atoms with Crippen LogP contribution >= 0.6 is 0 Å². The second-order valence-electron chi connectivity index (χ2n) is 5.77. The molecule has 24 heavy (non-hydrogen) atoms. The standard InChI is InChI=1S/C16H20N2O6/c19-15(10-24-14-9-5-4-8-13(14)18(22)23)17-12-7-3-1-2-6-11(12)16(20)21/h4-5,8-9,11-12H,1-3,6-7,10H2,(H,17,19)(H,20,21)/t11-,12+/m1/s1. The molecule has 0 heterocycles. The summed E-state index contributed by atoms with van der Waals surface area (Å²) in [5.74, 6) is -2.00. The van der Waals surface area contributed by atoms with Crippen molar-refractivity contribution in [2.24, 2.45) is 5.92 Å². The third-order valence-electron chi connectivity index (χ3n) is 4.10. The lowest BCUT2D eigenvalue weighted by atomic mass is 9.95. The summed E-state index contributed by atoms with van der Waals surface area (Å²) in [5.41, 5.74) is -0.219. The van der Waals surface area contributed by atoms with Crippen molar-refractivity contribution in [1.29, 1.82) is 0 Å². The van der Waals surface area contributed by atoms with Crippen LogP contribution in [0.25, 0.3) is 0 Å². The van der Waals surface area contributed by atoms with E-state index in [1.807, 2.05) is 0 Å². The lowest BCUT2D eigenvalue weighted by Crippen LogP contribution is -2.44. The molecule has 8 heteroatoms. The Kier molecular flexibility index (Phi) is 6.11. The highest BCUT2D eigenvalue weighted by molar-refractivity contribution is 5.79. The Hall–Kier alpha value is -2.64. The maximum Gasteiger partial charge on any atom is 0.310 e. The van der Waals surface area contributed by atoms with Gasteiger partial charge in [-0.1, -0.05) is 31.4 Å². The molecule has 2 N–H and O–H groups in total. The monoisotopic (exact) mass is 336 g/mol. The summed E-state index contributed by atoms with van der Waals surface area (Å²) in [7, 11) is 0. The van der Waals surface area contributed by atoms with Gasteiger partial charge in [-0.25, -0.2) is 0 Å². The van der Waals surface area contributed by atoms with Crippen LogP contribution in [0.1, 0.15) is 32.1 Å². The van der Waals surface area contributed by atoms with Gasteiger partial charge in [-0.15, -0.1) is 0 Å². The van der Waals surface area contributed by atoms with E-state index in [1.54, 1.807) is 6.07 Å². The van der Waals surface area contributed by atoms with Crippen LogP contribution in [0.5, 0.6) is 5.75 Å². The largest absolute Gasteiger partial charge is 0.481 e. The van der Waals surface area contributed by atoms with Gasteiger partial charge >= 0.3 is 11.7 Å². The number of amides is 1. The summed E-state index contributed by atoms with van der Waals surface area (Å²) in [5, 5.41) is 22.9. The molecule has 2 rings (SSSR count). The number of hydrogen-bond donors (Lipinski definition) is 2. The number of carbonyl (C=O) groups is 2. The van der Waals surface area contributed by atoms with E-state index in [0.717, 1.165) is 19.3 Å². The minimum absolute atomic E-state index is 0.00769. The van der Waals surface area contributed by atoms with Gasteiger partial charge in [0.15, 0.2) is 12.4 Å². The van der Waals surface area contributed by atoms with E-state index >= 15 is 0 Å². The molecule has 0 radical (unpaired) electrons. The van der Waals surface area contributed by atoms with Crippen LogP contribution in [0.15, 0.2) is 24.3 Å². The Morgan fingerprint density at radius 3 is 2.67 bits per heavy atom. The fourth-order valence-corrected chi connectivity index (χ4v) is 2.90. The first-order valence-corrected chi connectivity index (χ1v) is 7.87. The van der Waals surface area contributed by atoms with Gasteiger partial charge in [0, 0.05) is 12.1 Å². The Morgan fingerprint density at radius 2 is 1.96 bits per heavy atom. The molecular formula is C16H20N2O6. The lowest BCUT2D eigenvalue weighted by molar-refractivity contribution is -0.385. The van der Waals surface area contributed by atoms with Crippen molar-refractivity contribution in [1.82, 2.24) is 5.32 Å². The van der Waals surface area contributed by atoms with E-state index in [4.69, 9.17) is 4.74 Å². The number of carboxylic acids is 1. The van der Waals surface area contributed by atoms with Crippen molar-refractivity contribution in [3.8, 4) is 5.75 Å². The van der Waals surface area contributed by atoms with E-state index in [1.165, 1.54) is 18.2 Å². The highest BCUT2D eigenvalue weighted by Crippen LogP contribution is 2.26. The van der Waals surface area contributed by atoms with Gasteiger partial charge in [0.25, 0.3) is 5.91 Å². The molecule has 130 valence electrons. The van der Waals surface area contributed by atoms with Crippen LogP contribution in [0.3, 0.4) is 0 Å². The van der Waals surface area contributed by atoms with Gasteiger partial charge in [0.1, 0.15) is 0 Å². The number of benzene rings is 1. The van der Waals surface area contributed by atoms with Gasteiger partial charge in [-0.2, -0.15) is 0 Å². The highest BCUT2D eigenvalue weighted by Gasteiger charge is 2.30. The number of carboxylic acid groups (broad SMARTS) is 1. The zero-order chi connectivity index (χ0) is 17.5. The second-order valence-corrected chi connectivity index (χ2v) is 5.77. The zero-order valence-corrected chi connectivity index (χ0v) is 13.1. The average molecular weight is 336 g/mol. The molecule has 0 aromatic heterocycles. The molecule has 2 atom stereocenters. The topological polar surface area (TPSA) is 119 Å². The molecule has 1 aliphatic carbocycles. The highest BCUT2D eigenvalue weighted by atomic mass is 16.6. The number of nitro groups is 1. The number of ether oxygens (including phenoxy) is 1. The number of rotatable bonds is 6. The van der Waals surface area contributed by atoms with E-state index in [-0.39, 0.29) is 11.4 Å². The number of aliphatic carboxylic acids is 1. The molecule has 1 aliphatic rings. The molecule has 1 aromatic rings. The molecule has 0 bridgehead atoms. The van der Waals surface area contributed by atoms with Gasteiger partial charge in [-0.3, -0.25) is 19.7 Å². The smallest absolute Gasteiger partial charge is 0.310 e. The van der Waals surface area contributed by atoms with E-state index < -0.39 is 35.4 Å². The van der Waals surface area contributed by atoms with Crippen LogP contribution < -0.4 is 10.1 Å². The van der Waals surface area contributed by atoms with Crippen molar-refractivity contribution in [2.45, 2.75) is 38.1 Å². The molecule has 0 spiro atoms. The Balaban J connectivity index is 1.95. The third kappa shape index (κ3) is 4.68. The van der Waals surface area contributed by atoms with Crippen molar-refractivity contribution in [3.05, 3.63) is 34.4 Å². The predicted octanol–water partition coefficient (Wildman–Crippen LogP) is 2.12. The fraction of sp³-hybridized carbons (Fsp3) is 0.500. The summed E-state index contributed by atoms with van der Waals surface area (Å²) in [4.78, 5) is 33.7. The molecule has 0 aliphatic heterocycles. The van der Waals surface area contributed by atoms with Crippen LogP contribution in [0.4, 0.5) is 5.69 Å². The lowest BCUT2D eigenvalue weighted by Gasteiger charge is -2.22. The van der Waals surface area contributed by atoms with Crippen molar-refractivity contribution in [2.75, 3.05) is 6.61 Å². The normalized spacial score (nSPS) is 20.7. The average Bonchev–Trinajstić information content (AvgIpc) is 2.78. The van der Waals surface area contributed by atoms with Crippen LogP contribution in [0.2, 0.25) is 0 Å². The van der Waals surface area contributed by atoms with Gasteiger partial charge in [0.05, 0.1) is 10.8 Å². The number of para-hydroxylation sites is 2. The number of nitro benzene ring substituents is 1. The van der Waals surface area contributed by atoms with E-state index in [2.05, 4.69) is 5.32 Å². The van der Waals surface area contributed by atoms with Gasteiger partial charge < -0.3 is 15.2 Å². The van der Waals surface area contributed by atoms with Crippen LogP contribution in [-0.4, -0.2) is 34.6 Å². The number of nitrogens with zero attached hydrogens (tertiary/aromatic N) is 1. The van der Waals surface area contributed by atoms with E-state index in [0.29, 0.717) is 12.8 Å². The van der Waals surface area contributed by atoms with Crippen LogP contribution in [0, 0.1) is 16.0 Å². The Morgan fingerprint density at radius 1 is 1.25 bits per heavy atom. The van der Waals surface area contributed by atoms with Crippen molar-refractivity contribution in [3.63, 3.8) is 0 Å². The molecule has 1 fully saturated rings. The van der Waals surface area contributed by atoms with E-state index in [9.17, 15) is 24.8 Å². The first-order valence-electron chi connectivity index (χ1n) is 7.87. The fourth-order valence-electron chi connectivity index (χ4n) is 2.90. The summed E-state index contributed by atoms with van der Waals surface area (Å²) >= 11 is 0. The molecule has 0 unspecified atom stereocenters. The molecule has 8 nitrogen and oxygen atoms in total. The van der Waals surface area contributed by atoms with Crippen molar-refractivity contribution < 1.29 is 24.4 Å². The number of carbonyl (C=O) groups excluding carboxylic acids is 1. The minimum Gasteiger partial charge on any atom is -0.481 e. The summed E-state index contributed by atoms with van der Waals surface area (Å²) in [6, 6.07) is 5.35. The van der Waals surface area contributed by atoms with Gasteiger partial charge in [0.2, 0.25) is 0 Å². The molecular weight excluding hydrogens is 316 g/mol. The van der Waals surface area contributed by atoms with Gasteiger partial charge in [-0.05, 0) is 18.9 Å². The minimum atomic E-state index is -0.915. The first kappa shape index (κ1) is 17.7. The van der Waals surface area contributed by atoms with Crippen LogP contribution in [-0.2, 0) is 9.59 Å². The van der Waals surface area contributed by atoms with Crippen molar-refractivity contribution >= 4 is 17.6 Å². The summed E-state index contributed by atoms with van der Waals surface area (Å²) in [6.45, 7) is -0.395. The Bertz CT molecular complexity index is 618. The summed E-state index contributed by atoms with van der Waals surface area (Å²) in [6.07, 6.45) is 3.78. The quantitative estimate of drug-likeness (QED) is 0.466. The number of nitrogens with one attached hydrogen (secondary N) is 1. The molecule has 0 saturated heterocycles. The Labute approximate surface area is 139 Å². The molecule has 1 aromatic carbocycles. The third-order valence-corrected chi connectivity index (χ3v) is 4.10. The first-order chi connectivity index (χ1) is 11.5. The maximum absolute atomic E-state index is 12.0. The predicted molar refractivity (Wildman–Crippen MR) is 84.7 cm³/mol. The second kappa shape index (κ2) is 8.28. The SMILES string of the molecule is O=C(COc1ccccc1[N+](=O)[O-])N[C@H]1CCCCC[C@H]1C(=O)O. The number of hydrogen-bond acceptors (Lipinski definition) is 5. The summed E-state index contributed by atoms with van der Waals surface area (Å²) < 4.78 is 5.23. The molecule has 1 saturated carbocycles. The molecule has 1 amide bonds. The maximum atomic E-state index is 12.0. The zero-order valence-electron chi connectivity index (χ0n) is 13.1.